The number of piperidine rings is 1. The van der Waals surface area contributed by atoms with Crippen LogP contribution in [-0.2, 0) is 4.79 Å². The molecule has 0 aromatic carbocycles. The molecule has 1 aromatic heterocycles. The Kier molecular flexibility index (Phi) is 5.10. The number of carbonyl (C=O) groups excluding carboxylic acids is 2. The van der Waals surface area contributed by atoms with E-state index < -0.39 is 30.7 Å². The first-order valence-corrected chi connectivity index (χ1v) is 8.60. The van der Waals surface area contributed by atoms with Crippen molar-refractivity contribution in [2.75, 3.05) is 19.6 Å². The number of urea groups is 1. The SMILES string of the molecule is Cc1cc(C2CCCN2C(=O)NC2CCCN(CC(F)(F)F)C2=O)on1. The fourth-order valence-corrected chi connectivity index (χ4v) is 3.53. The highest BCUT2D eigenvalue weighted by molar-refractivity contribution is 5.87. The topological polar surface area (TPSA) is 78.7 Å². The van der Waals surface area contributed by atoms with Crippen molar-refractivity contribution in [1.29, 1.82) is 0 Å². The number of rotatable bonds is 3. The summed E-state index contributed by atoms with van der Waals surface area (Å²) in [7, 11) is 0. The van der Waals surface area contributed by atoms with Crippen LogP contribution in [0.5, 0.6) is 0 Å². The first kappa shape index (κ1) is 18.5. The first-order chi connectivity index (χ1) is 12.2. The predicted molar refractivity (Wildman–Crippen MR) is 84.1 cm³/mol. The van der Waals surface area contributed by atoms with E-state index in [1.54, 1.807) is 17.9 Å². The summed E-state index contributed by atoms with van der Waals surface area (Å²) in [6, 6.07) is 0.0823. The molecule has 7 nitrogen and oxygen atoms in total. The molecule has 2 saturated heterocycles. The molecule has 10 heteroatoms. The van der Waals surface area contributed by atoms with Crippen molar-refractivity contribution in [3.8, 4) is 0 Å². The van der Waals surface area contributed by atoms with Gasteiger partial charge in [0, 0.05) is 19.2 Å². The Labute approximate surface area is 148 Å². The Morgan fingerprint density at radius 3 is 2.73 bits per heavy atom. The van der Waals surface area contributed by atoms with Gasteiger partial charge in [0.25, 0.3) is 0 Å². The summed E-state index contributed by atoms with van der Waals surface area (Å²) in [4.78, 5) is 27.2. The minimum Gasteiger partial charge on any atom is -0.359 e. The Morgan fingerprint density at radius 1 is 1.35 bits per heavy atom. The molecule has 3 heterocycles. The number of alkyl halides is 3. The smallest absolute Gasteiger partial charge is 0.359 e. The number of halogens is 3. The zero-order valence-corrected chi connectivity index (χ0v) is 14.4. The van der Waals surface area contributed by atoms with E-state index in [4.69, 9.17) is 4.52 Å². The Bertz CT molecular complexity index is 676. The van der Waals surface area contributed by atoms with Gasteiger partial charge < -0.3 is 19.6 Å². The van der Waals surface area contributed by atoms with E-state index in [0.29, 0.717) is 37.3 Å². The van der Waals surface area contributed by atoms with Gasteiger partial charge in [0.2, 0.25) is 5.91 Å². The molecule has 2 aliphatic heterocycles. The van der Waals surface area contributed by atoms with Gasteiger partial charge in [-0.2, -0.15) is 13.2 Å². The van der Waals surface area contributed by atoms with Gasteiger partial charge in [-0.1, -0.05) is 5.16 Å². The van der Waals surface area contributed by atoms with Gasteiger partial charge in [-0.25, -0.2) is 4.79 Å². The molecule has 1 aromatic rings. The lowest BCUT2D eigenvalue weighted by Crippen LogP contribution is -2.56. The fraction of sp³-hybridized carbons (Fsp3) is 0.688. The lowest BCUT2D eigenvalue weighted by atomic mass is 10.0. The molecule has 144 valence electrons. The molecule has 3 amide bonds. The van der Waals surface area contributed by atoms with Crippen molar-refractivity contribution in [2.45, 2.75) is 50.9 Å². The van der Waals surface area contributed by atoms with Crippen molar-refractivity contribution in [2.24, 2.45) is 0 Å². The quantitative estimate of drug-likeness (QED) is 0.881. The van der Waals surface area contributed by atoms with Crippen molar-refractivity contribution >= 4 is 11.9 Å². The number of likely N-dealkylation sites (tertiary alicyclic amines) is 2. The van der Waals surface area contributed by atoms with Crippen LogP contribution in [-0.4, -0.2) is 58.7 Å². The molecule has 0 radical (unpaired) electrons. The Hall–Kier alpha value is -2.26. The van der Waals surface area contributed by atoms with Gasteiger partial charge in [0.05, 0.1) is 11.7 Å². The number of aryl methyl sites for hydroxylation is 1. The summed E-state index contributed by atoms with van der Waals surface area (Å²) in [6.45, 7) is 1.03. The monoisotopic (exact) mass is 374 g/mol. The zero-order valence-electron chi connectivity index (χ0n) is 14.4. The van der Waals surface area contributed by atoms with E-state index in [9.17, 15) is 22.8 Å². The van der Waals surface area contributed by atoms with Crippen LogP contribution in [0.4, 0.5) is 18.0 Å². The summed E-state index contributed by atoms with van der Waals surface area (Å²) in [5.74, 6) is -0.114. The predicted octanol–water partition coefficient (Wildman–Crippen LogP) is 2.38. The lowest BCUT2D eigenvalue weighted by molar-refractivity contribution is -0.164. The molecule has 2 fully saturated rings. The van der Waals surface area contributed by atoms with E-state index in [2.05, 4.69) is 10.5 Å². The first-order valence-electron chi connectivity index (χ1n) is 8.60. The minimum atomic E-state index is -4.45. The standard InChI is InChI=1S/C16H21F3N4O3/c1-10-8-13(26-21-10)12-5-3-7-23(12)15(25)20-11-4-2-6-22(14(11)24)9-16(17,18)19/h8,11-12H,2-7,9H2,1H3,(H,20,25). The van der Waals surface area contributed by atoms with Crippen LogP contribution in [0.15, 0.2) is 10.6 Å². The summed E-state index contributed by atoms with van der Waals surface area (Å²) >= 11 is 0. The second kappa shape index (κ2) is 7.16. The molecule has 0 saturated carbocycles. The van der Waals surface area contributed by atoms with Gasteiger partial charge in [-0.3, -0.25) is 4.79 Å². The molecule has 2 atom stereocenters. The summed E-state index contributed by atoms with van der Waals surface area (Å²) in [6.07, 6.45) is -2.22. The van der Waals surface area contributed by atoms with Gasteiger partial charge >= 0.3 is 12.2 Å². The van der Waals surface area contributed by atoms with Crippen LogP contribution in [0.2, 0.25) is 0 Å². The fourth-order valence-electron chi connectivity index (χ4n) is 3.53. The van der Waals surface area contributed by atoms with Crippen LogP contribution in [0, 0.1) is 6.92 Å². The molecule has 2 aliphatic rings. The molecule has 0 spiro atoms. The second-order valence-electron chi connectivity index (χ2n) is 6.74. The van der Waals surface area contributed by atoms with E-state index in [1.165, 1.54) is 0 Å². The number of aromatic nitrogens is 1. The normalized spacial score (nSPS) is 24.2. The third kappa shape index (κ3) is 4.10. The van der Waals surface area contributed by atoms with Gasteiger partial charge in [0.1, 0.15) is 12.6 Å². The van der Waals surface area contributed by atoms with Crippen molar-refractivity contribution in [3.05, 3.63) is 17.5 Å². The molecule has 26 heavy (non-hydrogen) atoms. The molecular weight excluding hydrogens is 353 g/mol. The number of nitrogens with one attached hydrogen (secondary N) is 1. The minimum absolute atomic E-state index is 0.0500. The summed E-state index contributed by atoms with van der Waals surface area (Å²) in [5.41, 5.74) is 0.706. The highest BCUT2D eigenvalue weighted by Gasteiger charge is 2.39. The van der Waals surface area contributed by atoms with Crippen molar-refractivity contribution < 1.29 is 27.3 Å². The van der Waals surface area contributed by atoms with E-state index >= 15 is 0 Å². The molecule has 3 rings (SSSR count). The largest absolute Gasteiger partial charge is 0.406 e. The number of hydrogen-bond acceptors (Lipinski definition) is 4. The van der Waals surface area contributed by atoms with Crippen LogP contribution in [0.3, 0.4) is 0 Å². The maximum absolute atomic E-state index is 12.6. The van der Waals surface area contributed by atoms with Crippen LogP contribution in [0.25, 0.3) is 0 Å². The van der Waals surface area contributed by atoms with Crippen LogP contribution < -0.4 is 5.32 Å². The highest BCUT2D eigenvalue weighted by atomic mass is 19.4. The number of amides is 3. The number of carbonyl (C=O) groups is 2. The molecule has 2 unspecified atom stereocenters. The van der Waals surface area contributed by atoms with Crippen molar-refractivity contribution in [1.82, 2.24) is 20.3 Å². The zero-order chi connectivity index (χ0) is 18.9. The maximum Gasteiger partial charge on any atom is 0.406 e. The second-order valence-corrected chi connectivity index (χ2v) is 6.74. The summed E-state index contributed by atoms with van der Waals surface area (Å²) in [5, 5.41) is 6.43. The summed E-state index contributed by atoms with van der Waals surface area (Å²) < 4.78 is 43.0. The van der Waals surface area contributed by atoms with Gasteiger partial charge in [-0.15, -0.1) is 0 Å². The van der Waals surface area contributed by atoms with E-state index in [-0.39, 0.29) is 12.6 Å². The maximum atomic E-state index is 12.6. The van der Waals surface area contributed by atoms with Crippen molar-refractivity contribution in [3.63, 3.8) is 0 Å². The molecular formula is C16H21F3N4O3. The average molecular weight is 374 g/mol. The lowest BCUT2D eigenvalue weighted by Gasteiger charge is -2.34. The molecule has 0 bridgehead atoms. The Balaban J connectivity index is 1.64. The van der Waals surface area contributed by atoms with Gasteiger partial charge in [0.15, 0.2) is 5.76 Å². The number of nitrogens with zero attached hydrogens (tertiary/aromatic N) is 3. The van der Waals surface area contributed by atoms with E-state index in [0.717, 1.165) is 11.3 Å². The van der Waals surface area contributed by atoms with Crippen LogP contribution in [0.1, 0.15) is 43.2 Å². The molecule has 1 N–H and O–H groups in total. The number of hydrogen-bond donors (Lipinski definition) is 1. The van der Waals surface area contributed by atoms with Gasteiger partial charge in [-0.05, 0) is 32.6 Å². The Morgan fingerprint density at radius 2 is 2.08 bits per heavy atom. The highest BCUT2D eigenvalue weighted by Crippen LogP contribution is 2.32. The molecule has 0 aliphatic carbocycles. The third-order valence-corrected chi connectivity index (χ3v) is 4.69. The van der Waals surface area contributed by atoms with Crippen LogP contribution >= 0.6 is 0 Å². The third-order valence-electron chi connectivity index (χ3n) is 4.69. The van der Waals surface area contributed by atoms with E-state index in [1.807, 2.05) is 0 Å². The average Bonchev–Trinajstić information content (AvgIpc) is 3.18.